The van der Waals surface area contributed by atoms with Gasteiger partial charge >= 0.3 is 0 Å². The first-order chi connectivity index (χ1) is 12.5. The van der Waals surface area contributed by atoms with Gasteiger partial charge in [-0.3, -0.25) is 9.59 Å². The third-order valence-corrected chi connectivity index (χ3v) is 4.66. The molecule has 0 aliphatic carbocycles. The summed E-state index contributed by atoms with van der Waals surface area (Å²) in [7, 11) is 0. The van der Waals surface area contributed by atoms with E-state index in [0.717, 1.165) is 10.6 Å². The van der Waals surface area contributed by atoms with Crippen molar-refractivity contribution >= 4 is 46.2 Å². The van der Waals surface area contributed by atoms with Gasteiger partial charge in [-0.1, -0.05) is 6.07 Å². The van der Waals surface area contributed by atoms with Crippen molar-refractivity contribution in [2.75, 3.05) is 17.3 Å². The number of fused-ring (bicyclic) bond motifs is 1. The zero-order valence-electron chi connectivity index (χ0n) is 14.3. The second-order valence-electron chi connectivity index (χ2n) is 5.49. The van der Waals surface area contributed by atoms with Crippen LogP contribution in [-0.2, 0) is 6.54 Å². The molecule has 1 aromatic carbocycles. The molecule has 0 aliphatic rings. The Morgan fingerprint density at radius 1 is 1.38 bits per heavy atom. The lowest BCUT2D eigenvalue weighted by molar-refractivity contribution is 0.1000. The number of nitrogens with two attached hydrogens (primary N) is 2. The molecule has 1 amide bonds. The molecule has 0 spiro atoms. The van der Waals surface area contributed by atoms with Crippen molar-refractivity contribution in [1.29, 1.82) is 0 Å². The van der Waals surface area contributed by atoms with Crippen LogP contribution >= 0.6 is 11.8 Å². The third-order valence-electron chi connectivity index (χ3n) is 3.93. The molecule has 8 nitrogen and oxygen atoms in total. The number of rotatable bonds is 5. The molecule has 0 saturated carbocycles. The number of nitrogen functional groups attached to an aromatic ring is 1. The fourth-order valence-corrected chi connectivity index (χ4v) is 3.15. The minimum atomic E-state index is -0.868. The number of benzene rings is 1. The first-order valence-electron chi connectivity index (χ1n) is 7.86. The Morgan fingerprint density at radius 2 is 2.15 bits per heavy atom. The van der Waals surface area contributed by atoms with Gasteiger partial charge in [0.25, 0.3) is 5.91 Å². The van der Waals surface area contributed by atoms with E-state index in [1.54, 1.807) is 16.3 Å². The Morgan fingerprint density at radius 3 is 2.81 bits per heavy atom. The Labute approximate surface area is 153 Å². The minimum Gasteiger partial charge on any atom is -0.384 e. The van der Waals surface area contributed by atoms with Gasteiger partial charge in [-0.2, -0.15) is 4.98 Å². The summed E-state index contributed by atoms with van der Waals surface area (Å²) >= 11 is 1.62. The largest absolute Gasteiger partial charge is 0.384 e. The summed E-state index contributed by atoms with van der Waals surface area (Å²) in [6, 6.07) is 7.78. The number of nitrogens with one attached hydrogen (secondary N) is 1. The number of amides is 1. The topological polar surface area (TPSA) is 129 Å². The van der Waals surface area contributed by atoms with Crippen molar-refractivity contribution in [2.45, 2.75) is 18.4 Å². The number of anilines is 3. The van der Waals surface area contributed by atoms with Crippen LogP contribution in [0.1, 0.15) is 17.3 Å². The molecule has 0 radical (unpaired) electrons. The summed E-state index contributed by atoms with van der Waals surface area (Å²) in [5.74, 6) is -0.539. The lowest BCUT2D eigenvalue weighted by Crippen LogP contribution is -2.28. The quantitative estimate of drug-likeness (QED) is 0.585. The molecular weight excluding hydrogens is 352 g/mol. The molecule has 3 rings (SSSR count). The van der Waals surface area contributed by atoms with Crippen LogP contribution in [0.3, 0.4) is 0 Å². The summed E-state index contributed by atoms with van der Waals surface area (Å²) in [6.45, 7) is 2.25. The molecule has 26 heavy (non-hydrogen) atoms. The van der Waals surface area contributed by atoms with Gasteiger partial charge in [0.15, 0.2) is 5.65 Å². The molecule has 134 valence electrons. The molecule has 9 heteroatoms. The summed E-state index contributed by atoms with van der Waals surface area (Å²) in [6.07, 6.45) is 3.37. The fourth-order valence-electron chi connectivity index (χ4n) is 2.69. The van der Waals surface area contributed by atoms with E-state index in [1.807, 2.05) is 37.4 Å². The number of aryl methyl sites for hydroxylation is 1. The number of primary amides is 1. The Bertz CT molecular complexity index is 1060. The maximum atomic E-state index is 12.5. The summed E-state index contributed by atoms with van der Waals surface area (Å²) in [5, 5.41) is 3.31. The van der Waals surface area contributed by atoms with Gasteiger partial charge in [0.05, 0.1) is 5.39 Å². The zero-order chi connectivity index (χ0) is 18.8. The van der Waals surface area contributed by atoms with E-state index >= 15 is 0 Å². The highest BCUT2D eigenvalue weighted by molar-refractivity contribution is 7.98. The summed E-state index contributed by atoms with van der Waals surface area (Å²) in [4.78, 5) is 33.8. The Kier molecular flexibility index (Phi) is 4.81. The molecule has 0 fully saturated rings. The van der Waals surface area contributed by atoms with Gasteiger partial charge in [0, 0.05) is 23.3 Å². The van der Waals surface area contributed by atoms with Crippen LogP contribution in [0.2, 0.25) is 0 Å². The van der Waals surface area contributed by atoms with E-state index in [1.165, 1.54) is 6.20 Å². The maximum Gasteiger partial charge on any atom is 0.256 e. The fraction of sp³-hybridized carbons (Fsp3) is 0.176. The second-order valence-corrected chi connectivity index (χ2v) is 6.37. The molecule has 5 N–H and O–H groups in total. The van der Waals surface area contributed by atoms with Gasteiger partial charge < -0.3 is 21.4 Å². The molecule has 3 aromatic rings. The van der Waals surface area contributed by atoms with Crippen LogP contribution in [0.4, 0.5) is 17.5 Å². The van der Waals surface area contributed by atoms with Gasteiger partial charge in [-0.15, -0.1) is 11.8 Å². The van der Waals surface area contributed by atoms with Crippen LogP contribution < -0.4 is 22.2 Å². The molecular formula is C17H18N6O2S. The number of aromatic nitrogens is 3. The van der Waals surface area contributed by atoms with E-state index in [4.69, 9.17) is 11.5 Å². The average Bonchev–Trinajstić information content (AvgIpc) is 2.62. The van der Waals surface area contributed by atoms with E-state index < -0.39 is 11.3 Å². The standard InChI is InChI=1S/C17H18N6O2S/c1-3-23-14(18)12(15(19)25)13(24)11-8-20-17(22-16(11)23)21-9-5-4-6-10(7-9)26-2/h4-8H,3,18H2,1-2H3,(H2,19,25)(H,20,21,22). The van der Waals surface area contributed by atoms with Crippen LogP contribution in [0.15, 0.2) is 40.2 Å². The van der Waals surface area contributed by atoms with Crippen molar-refractivity contribution in [2.24, 2.45) is 5.73 Å². The van der Waals surface area contributed by atoms with Crippen molar-refractivity contribution in [3.05, 3.63) is 46.2 Å². The highest BCUT2D eigenvalue weighted by Gasteiger charge is 2.19. The Hall–Kier alpha value is -3.07. The number of hydrogen-bond acceptors (Lipinski definition) is 7. The lowest BCUT2D eigenvalue weighted by Gasteiger charge is -2.14. The minimum absolute atomic E-state index is 0.00605. The molecule has 0 atom stereocenters. The van der Waals surface area contributed by atoms with Crippen LogP contribution in [0.5, 0.6) is 0 Å². The zero-order valence-corrected chi connectivity index (χ0v) is 15.1. The molecule has 0 bridgehead atoms. The van der Waals surface area contributed by atoms with Crippen molar-refractivity contribution in [3.8, 4) is 0 Å². The number of thioether (sulfide) groups is 1. The first kappa shape index (κ1) is 17.7. The molecule has 0 aliphatic heterocycles. The number of nitrogens with zero attached hydrogens (tertiary/aromatic N) is 3. The number of pyridine rings is 1. The first-order valence-corrected chi connectivity index (χ1v) is 9.08. The maximum absolute atomic E-state index is 12.5. The van der Waals surface area contributed by atoms with Crippen LogP contribution in [0, 0.1) is 0 Å². The Balaban J connectivity index is 2.15. The van der Waals surface area contributed by atoms with Crippen LogP contribution in [0.25, 0.3) is 11.0 Å². The number of carbonyl (C=O) groups is 1. The summed E-state index contributed by atoms with van der Waals surface area (Å²) in [5.41, 5.74) is 11.6. The molecule has 0 unspecified atom stereocenters. The highest BCUT2D eigenvalue weighted by atomic mass is 32.2. The number of hydrogen-bond donors (Lipinski definition) is 3. The van der Waals surface area contributed by atoms with Crippen molar-refractivity contribution in [3.63, 3.8) is 0 Å². The average molecular weight is 370 g/mol. The summed E-state index contributed by atoms with van der Waals surface area (Å²) < 4.78 is 1.57. The highest BCUT2D eigenvalue weighted by Crippen LogP contribution is 2.22. The van der Waals surface area contributed by atoms with Crippen molar-refractivity contribution in [1.82, 2.24) is 14.5 Å². The molecule has 0 saturated heterocycles. The molecule has 2 aromatic heterocycles. The lowest BCUT2D eigenvalue weighted by atomic mass is 10.2. The van der Waals surface area contributed by atoms with E-state index in [0.29, 0.717) is 18.1 Å². The van der Waals surface area contributed by atoms with E-state index in [9.17, 15) is 9.59 Å². The van der Waals surface area contributed by atoms with Gasteiger partial charge in [0.1, 0.15) is 11.4 Å². The van der Waals surface area contributed by atoms with Gasteiger partial charge in [-0.25, -0.2) is 4.98 Å². The second kappa shape index (κ2) is 7.04. The monoisotopic (exact) mass is 370 g/mol. The van der Waals surface area contributed by atoms with Crippen LogP contribution in [-0.4, -0.2) is 26.7 Å². The van der Waals surface area contributed by atoms with Crippen molar-refractivity contribution < 1.29 is 4.79 Å². The van der Waals surface area contributed by atoms with E-state index in [-0.39, 0.29) is 16.8 Å². The number of carbonyl (C=O) groups excluding carboxylic acids is 1. The predicted octanol–water partition coefficient (Wildman–Crippen LogP) is 1.96. The van der Waals surface area contributed by atoms with Gasteiger partial charge in [0.2, 0.25) is 11.4 Å². The predicted molar refractivity (Wildman–Crippen MR) is 104 cm³/mol. The SMILES string of the molecule is CCn1c(N)c(C(N)=O)c(=O)c2cnc(Nc3cccc(SC)c3)nc21. The molecule has 2 heterocycles. The normalized spacial score (nSPS) is 10.8. The van der Waals surface area contributed by atoms with E-state index in [2.05, 4.69) is 15.3 Å². The third kappa shape index (κ3) is 3.08. The smallest absolute Gasteiger partial charge is 0.256 e. The van der Waals surface area contributed by atoms with Gasteiger partial charge in [-0.05, 0) is 31.4 Å².